The highest BCUT2D eigenvalue weighted by Gasteiger charge is 2.29. The maximum absolute atomic E-state index is 12.6. The summed E-state index contributed by atoms with van der Waals surface area (Å²) in [7, 11) is 0. The molecule has 0 saturated carbocycles. The first kappa shape index (κ1) is 20.2. The molecule has 0 aliphatic heterocycles. The summed E-state index contributed by atoms with van der Waals surface area (Å²) in [6.07, 6.45) is 0.0776. The number of nitrogens with zero attached hydrogens (tertiary/aromatic N) is 1. The monoisotopic (exact) mass is 385 g/mol. The molecule has 1 atom stereocenters. The van der Waals surface area contributed by atoms with Gasteiger partial charge in [-0.25, -0.2) is 0 Å². The second-order valence-corrected chi connectivity index (χ2v) is 7.29. The Kier molecular flexibility index (Phi) is 6.31. The summed E-state index contributed by atoms with van der Waals surface area (Å²) in [5, 5.41) is 9.69. The van der Waals surface area contributed by atoms with Gasteiger partial charge in [-0.05, 0) is 38.1 Å². The highest BCUT2D eigenvalue weighted by molar-refractivity contribution is 5.96. The summed E-state index contributed by atoms with van der Waals surface area (Å²) in [5.41, 5.74) is 0.731. The van der Waals surface area contributed by atoms with Crippen LogP contribution in [-0.4, -0.2) is 12.4 Å². The number of ketones is 1. The van der Waals surface area contributed by atoms with Crippen LogP contribution in [0.5, 0.6) is 17.2 Å². The zero-order valence-electron chi connectivity index (χ0n) is 16.6. The van der Waals surface area contributed by atoms with Crippen LogP contribution in [0.1, 0.15) is 29.3 Å². The van der Waals surface area contributed by atoms with Crippen LogP contribution in [0.15, 0.2) is 78.9 Å². The normalized spacial score (nSPS) is 12.4. The lowest BCUT2D eigenvalue weighted by Gasteiger charge is -2.22. The van der Waals surface area contributed by atoms with Gasteiger partial charge in [-0.2, -0.15) is 5.26 Å². The zero-order valence-corrected chi connectivity index (χ0v) is 16.6. The van der Waals surface area contributed by atoms with Crippen LogP contribution in [0.25, 0.3) is 0 Å². The maximum atomic E-state index is 12.6. The van der Waals surface area contributed by atoms with Crippen LogP contribution >= 0.6 is 0 Å². The summed E-state index contributed by atoms with van der Waals surface area (Å²) in [5.74, 6) is 1.71. The molecule has 0 amide bonds. The molecular formula is C25H23NO3. The first-order valence-electron chi connectivity index (χ1n) is 9.45. The molecule has 0 fully saturated rings. The van der Waals surface area contributed by atoms with Crippen molar-refractivity contribution in [2.24, 2.45) is 5.41 Å². The molecule has 0 saturated heterocycles. The van der Waals surface area contributed by atoms with Crippen molar-refractivity contribution >= 4 is 5.78 Å². The molecule has 3 rings (SSSR count). The lowest BCUT2D eigenvalue weighted by Crippen LogP contribution is -2.27. The van der Waals surface area contributed by atoms with Gasteiger partial charge in [0.25, 0.3) is 0 Å². The minimum absolute atomic E-state index is 0.0773. The van der Waals surface area contributed by atoms with Gasteiger partial charge >= 0.3 is 0 Å². The quantitative estimate of drug-likeness (QED) is 0.448. The first-order chi connectivity index (χ1) is 14.0. The Morgan fingerprint density at radius 3 is 2.21 bits per heavy atom. The third kappa shape index (κ3) is 5.46. The standard InChI is InChI=1S/C25H23NO3/c1-19-12-14-20(15-13-19)22(27)16-25(2,17-26)18-28-23-10-6-7-11-24(23)29-21-8-4-3-5-9-21/h3-15H,16,18H2,1-2H3. The molecule has 0 radical (unpaired) electrons. The van der Waals surface area contributed by atoms with Crippen LogP contribution in [-0.2, 0) is 0 Å². The van der Waals surface area contributed by atoms with E-state index in [-0.39, 0.29) is 18.8 Å². The van der Waals surface area contributed by atoms with Crippen LogP contribution in [0.2, 0.25) is 0 Å². The van der Waals surface area contributed by atoms with Crippen molar-refractivity contribution in [3.8, 4) is 23.3 Å². The van der Waals surface area contributed by atoms with E-state index in [2.05, 4.69) is 6.07 Å². The van der Waals surface area contributed by atoms with Crippen LogP contribution in [0.3, 0.4) is 0 Å². The smallest absolute Gasteiger partial charge is 0.169 e. The van der Waals surface area contributed by atoms with E-state index in [0.717, 1.165) is 5.56 Å². The zero-order chi connectivity index (χ0) is 20.7. The average molecular weight is 385 g/mol. The molecule has 0 spiro atoms. The lowest BCUT2D eigenvalue weighted by molar-refractivity contribution is 0.0913. The van der Waals surface area contributed by atoms with Gasteiger partial charge in [-0.15, -0.1) is 0 Å². The molecule has 4 heteroatoms. The van der Waals surface area contributed by atoms with E-state index in [9.17, 15) is 10.1 Å². The number of Topliss-reactive ketones (excluding diaryl/α,β-unsaturated/α-hetero) is 1. The molecule has 29 heavy (non-hydrogen) atoms. The third-order valence-corrected chi connectivity index (χ3v) is 4.56. The predicted molar refractivity (Wildman–Crippen MR) is 112 cm³/mol. The van der Waals surface area contributed by atoms with Gasteiger partial charge in [0.05, 0.1) is 11.5 Å². The second kappa shape index (κ2) is 9.07. The topological polar surface area (TPSA) is 59.3 Å². The van der Waals surface area contributed by atoms with Crippen molar-refractivity contribution in [1.29, 1.82) is 5.26 Å². The predicted octanol–water partition coefficient (Wildman–Crippen LogP) is 5.97. The Morgan fingerprint density at radius 2 is 1.55 bits per heavy atom. The molecule has 3 aromatic rings. The van der Waals surface area contributed by atoms with Crippen molar-refractivity contribution < 1.29 is 14.3 Å². The summed E-state index contributed by atoms with van der Waals surface area (Å²) in [4.78, 5) is 12.6. The average Bonchev–Trinajstić information content (AvgIpc) is 2.74. The van der Waals surface area contributed by atoms with Gasteiger partial charge in [-0.1, -0.05) is 60.2 Å². The number of para-hydroxylation sites is 3. The maximum Gasteiger partial charge on any atom is 0.169 e. The molecule has 0 aliphatic carbocycles. The number of carbonyl (C=O) groups is 1. The van der Waals surface area contributed by atoms with Gasteiger partial charge in [0.15, 0.2) is 17.3 Å². The summed E-state index contributed by atoms with van der Waals surface area (Å²) in [6.45, 7) is 3.78. The summed E-state index contributed by atoms with van der Waals surface area (Å²) >= 11 is 0. The van der Waals surface area contributed by atoms with Crippen LogP contribution in [0, 0.1) is 23.7 Å². The fourth-order valence-electron chi connectivity index (χ4n) is 2.82. The van der Waals surface area contributed by atoms with Crippen molar-refractivity contribution in [3.05, 3.63) is 90.0 Å². The summed E-state index contributed by atoms with van der Waals surface area (Å²) < 4.78 is 11.8. The number of nitriles is 1. The van der Waals surface area contributed by atoms with Gasteiger partial charge in [0, 0.05) is 12.0 Å². The molecular weight excluding hydrogens is 362 g/mol. The second-order valence-electron chi connectivity index (χ2n) is 7.29. The molecule has 1 unspecified atom stereocenters. The Hall–Kier alpha value is -3.58. The minimum atomic E-state index is -0.957. The Balaban J connectivity index is 1.69. The number of hydrogen-bond acceptors (Lipinski definition) is 4. The van der Waals surface area contributed by atoms with Crippen molar-refractivity contribution in [3.63, 3.8) is 0 Å². The highest BCUT2D eigenvalue weighted by Crippen LogP contribution is 2.33. The van der Waals surface area contributed by atoms with Gasteiger partial charge < -0.3 is 9.47 Å². The van der Waals surface area contributed by atoms with E-state index < -0.39 is 5.41 Å². The van der Waals surface area contributed by atoms with E-state index in [4.69, 9.17) is 9.47 Å². The number of ether oxygens (including phenoxy) is 2. The van der Waals surface area contributed by atoms with Crippen LogP contribution in [0.4, 0.5) is 0 Å². The number of carbonyl (C=O) groups excluding carboxylic acids is 1. The van der Waals surface area contributed by atoms with Crippen LogP contribution < -0.4 is 9.47 Å². The van der Waals surface area contributed by atoms with E-state index in [0.29, 0.717) is 22.8 Å². The Bertz CT molecular complexity index is 1010. The highest BCUT2D eigenvalue weighted by atomic mass is 16.5. The molecule has 3 aromatic carbocycles. The van der Waals surface area contributed by atoms with Gasteiger partial charge in [0.2, 0.25) is 0 Å². The lowest BCUT2D eigenvalue weighted by atomic mass is 9.85. The minimum Gasteiger partial charge on any atom is -0.488 e. The Morgan fingerprint density at radius 1 is 0.931 bits per heavy atom. The number of aryl methyl sites for hydroxylation is 1. The van der Waals surface area contributed by atoms with Gasteiger partial charge in [-0.3, -0.25) is 4.79 Å². The molecule has 4 nitrogen and oxygen atoms in total. The largest absolute Gasteiger partial charge is 0.488 e. The molecule has 0 N–H and O–H groups in total. The van der Waals surface area contributed by atoms with E-state index in [1.54, 1.807) is 25.1 Å². The van der Waals surface area contributed by atoms with Crippen molar-refractivity contribution in [2.75, 3.05) is 6.61 Å². The molecule has 0 bridgehead atoms. The SMILES string of the molecule is Cc1ccc(C(=O)CC(C)(C#N)COc2ccccc2Oc2ccccc2)cc1. The van der Waals surface area contributed by atoms with E-state index in [1.165, 1.54) is 0 Å². The first-order valence-corrected chi connectivity index (χ1v) is 9.45. The summed E-state index contributed by atoms with van der Waals surface area (Å²) in [6, 6.07) is 26.3. The number of benzene rings is 3. The fraction of sp³-hybridized carbons (Fsp3) is 0.200. The van der Waals surface area contributed by atoms with E-state index >= 15 is 0 Å². The molecule has 0 heterocycles. The van der Waals surface area contributed by atoms with E-state index in [1.807, 2.05) is 67.6 Å². The molecule has 0 aromatic heterocycles. The molecule has 0 aliphatic rings. The van der Waals surface area contributed by atoms with Gasteiger partial charge in [0.1, 0.15) is 12.4 Å². The molecule has 146 valence electrons. The van der Waals surface area contributed by atoms with Crippen molar-refractivity contribution in [1.82, 2.24) is 0 Å². The fourth-order valence-corrected chi connectivity index (χ4v) is 2.82. The Labute approximate surface area is 171 Å². The number of hydrogen-bond donors (Lipinski definition) is 0. The van der Waals surface area contributed by atoms with Crippen molar-refractivity contribution in [2.45, 2.75) is 20.3 Å². The number of rotatable bonds is 8. The third-order valence-electron chi connectivity index (χ3n) is 4.56.